The van der Waals surface area contributed by atoms with Crippen molar-refractivity contribution in [3.05, 3.63) is 23.8 Å². The molecular weight excluding hydrogens is 200 g/mol. The van der Waals surface area contributed by atoms with E-state index < -0.39 is 0 Å². The standard InChI is InChI=1S/C13H20N2O/c1-8(2)10(4)13(16)15-11-5-6-12(14)9(3)7-11/h5-8,10H,14H2,1-4H3,(H,15,16). The number of benzene rings is 1. The average Bonchev–Trinajstić information content (AvgIpc) is 2.22. The molecule has 0 saturated carbocycles. The first kappa shape index (κ1) is 12.6. The van der Waals surface area contributed by atoms with Crippen LogP contribution in [0.5, 0.6) is 0 Å². The molecule has 3 nitrogen and oxygen atoms in total. The van der Waals surface area contributed by atoms with Gasteiger partial charge in [-0.2, -0.15) is 0 Å². The van der Waals surface area contributed by atoms with E-state index in [9.17, 15) is 4.79 Å². The highest BCUT2D eigenvalue weighted by atomic mass is 16.1. The second-order valence-corrected chi connectivity index (χ2v) is 4.59. The Morgan fingerprint density at radius 1 is 1.31 bits per heavy atom. The van der Waals surface area contributed by atoms with Gasteiger partial charge in [-0.15, -0.1) is 0 Å². The fourth-order valence-corrected chi connectivity index (χ4v) is 1.31. The molecule has 1 amide bonds. The molecule has 1 aromatic rings. The molecule has 0 bridgehead atoms. The van der Waals surface area contributed by atoms with Gasteiger partial charge < -0.3 is 11.1 Å². The molecule has 0 aromatic heterocycles. The summed E-state index contributed by atoms with van der Waals surface area (Å²) >= 11 is 0. The normalized spacial score (nSPS) is 12.6. The summed E-state index contributed by atoms with van der Waals surface area (Å²) in [4.78, 5) is 11.8. The summed E-state index contributed by atoms with van der Waals surface area (Å²) in [5.74, 6) is 0.409. The largest absolute Gasteiger partial charge is 0.399 e. The van der Waals surface area contributed by atoms with Gasteiger partial charge in [-0.3, -0.25) is 4.79 Å². The molecule has 0 heterocycles. The third-order valence-electron chi connectivity index (χ3n) is 2.95. The van der Waals surface area contributed by atoms with E-state index in [1.807, 2.05) is 45.9 Å². The van der Waals surface area contributed by atoms with E-state index in [-0.39, 0.29) is 11.8 Å². The maximum Gasteiger partial charge on any atom is 0.227 e. The average molecular weight is 220 g/mol. The fourth-order valence-electron chi connectivity index (χ4n) is 1.31. The fraction of sp³-hybridized carbons (Fsp3) is 0.462. The first-order valence-electron chi connectivity index (χ1n) is 5.58. The minimum absolute atomic E-state index is 0.0119. The van der Waals surface area contributed by atoms with Crippen molar-refractivity contribution in [1.29, 1.82) is 0 Å². The van der Waals surface area contributed by atoms with E-state index >= 15 is 0 Å². The molecule has 1 atom stereocenters. The van der Waals surface area contributed by atoms with Gasteiger partial charge in [-0.05, 0) is 36.6 Å². The lowest BCUT2D eigenvalue weighted by atomic mass is 9.97. The van der Waals surface area contributed by atoms with Crippen molar-refractivity contribution in [3.63, 3.8) is 0 Å². The highest BCUT2D eigenvalue weighted by molar-refractivity contribution is 5.92. The lowest BCUT2D eigenvalue weighted by molar-refractivity contribution is -0.120. The molecule has 0 saturated heterocycles. The smallest absolute Gasteiger partial charge is 0.227 e. The Morgan fingerprint density at radius 2 is 1.94 bits per heavy atom. The molecule has 3 heteroatoms. The van der Waals surface area contributed by atoms with Crippen molar-refractivity contribution in [2.24, 2.45) is 11.8 Å². The zero-order chi connectivity index (χ0) is 12.3. The van der Waals surface area contributed by atoms with Crippen LogP contribution >= 0.6 is 0 Å². The van der Waals surface area contributed by atoms with Crippen LogP contribution < -0.4 is 11.1 Å². The first-order chi connectivity index (χ1) is 7.41. The molecule has 0 fully saturated rings. The van der Waals surface area contributed by atoms with Crippen molar-refractivity contribution in [2.75, 3.05) is 11.1 Å². The van der Waals surface area contributed by atoms with Crippen LogP contribution in [0.3, 0.4) is 0 Å². The molecule has 1 rings (SSSR count). The van der Waals surface area contributed by atoms with Crippen LogP contribution in [-0.2, 0) is 4.79 Å². The lowest BCUT2D eigenvalue weighted by Crippen LogP contribution is -2.24. The van der Waals surface area contributed by atoms with E-state index in [0.29, 0.717) is 5.92 Å². The molecule has 3 N–H and O–H groups in total. The molecule has 1 aromatic carbocycles. The maximum absolute atomic E-state index is 11.8. The van der Waals surface area contributed by atoms with E-state index in [0.717, 1.165) is 16.9 Å². The van der Waals surface area contributed by atoms with Gasteiger partial charge >= 0.3 is 0 Å². The predicted molar refractivity (Wildman–Crippen MR) is 68.2 cm³/mol. The summed E-state index contributed by atoms with van der Waals surface area (Å²) in [6, 6.07) is 5.53. The van der Waals surface area contributed by atoms with E-state index in [2.05, 4.69) is 5.32 Å². The summed E-state index contributed by atoms with van der Waals surface area (Å²) in [6.45, 7) is 7.94. The van der Waals surface area contributed by atoms with Gasteiger partial charge in [-0.25, -0.2) is 0 Å². The Labute approximate surface area is 97.0 Å². The van der Waals surface area contributed by atoms with Crippen molar-refractivity contribution < 1.29 is 4.79 Å². The summed E-state index contributed by atoms with van der Waals surface area (Å²) in [5.41, 5.74) is 8.25. The molecule has 1 unspecified atom stereocenters. The molecule has 0 radical (unpaired) electrons. The van der Waals surface area contributed by atoms with Gasteiger partial charge in [0.1, 0.15) is 0 Å². The van der Waals surface area contributed by atoms with Gasteiger partial charge in [0.15, 0.2) is 0 Å². The molecule has 0 spiro atoms. The first-order valence-corrected chi connectivity index (χ1v) is 5.58. The monoisotopic (exact) mass is 220 g/mol. The second kappa shape index (κ2) is 5.01. The summed E-state index contributed by atoms with van der Waals surface area (Å²) < 4.78 is 0. The van der Waals surface area contributed by atoms with Gasteiger partial charge in [0, 0.05) is 17.3 Å². The summed E-state index contributed by atoms with van der Waals surface area (Å²) in [5, 5.41) is 2.90. The summed E-state index contributed by atoms with van der Waals surface area (Å²) in [6.07, 6.45) is 0. The lowest BCUT2D eigenvalue weighted by Gasteiger charge is -2.15. The number of anilines is 2. The Bertz CT molecular complexity index is 386. The number of amides is 1. The van der Waals surface area contributed by atoms with Crippen LogP contribution in [0.25, 0.3) is 0 Å². The van der Waals surface area contributed by atoms with Crippen molar-refractivity contribution in [1.82, 2.24) is 0 Å². The van der Waals surface area contributed by atoms with E-state index in [1.54, 1.807) is 0 Å². The Morgan fingerprint density at radius 3 is 2.44 bits per heavy atom. The van der Waals surface area contributed by atoms with Gasteiger partial charge in [0.25, 0.3) is 0 Å². The number of rotatable bonds is 3. The number of hydrogen-bond acceptors (Lipinski definition) is 2. The predicted octanol–water partition coefficient (Wildman–Crippen LogP) is 2.81. The van der Waals surface area contributed by atoms with Gasteiger partial charge in [0.05, 0.1) is 0 Å². The second-order valence-electron chi connectivity index (χ2n) is 4.59. The number of carbonyl (C=O) groups excluding carboxylic acids is 1. The maximum atomic E-state index is 11.8. The highest BCUT2D eigenvalue weighted by Crippen LogP contribution is 2.18. The van der Waals surface area contributed by atoms with Gasteiger partial charge in [-0.1, -0.05) is 20.8 Å². The van der Waals surface area contributed by atoms with Gasteiger partial charge in [0.2, 0.25) is 5.91 Å². The number of nitrogen functional groups attached to an aromatic ring is 1. The highest BCUT2D eigenvalue weighted by Gasteiger charge is 2.16. The zero-order valence-electron chi connectivity index (χ0n) is 10.4. The third-order valence-corrected chi connectivity index (χ3v) is 2.95. The van der Waals surface area contributed by atoms with Crippen LogP contribution in [0, 0.1) is 18.8 Å². The number of nitrogens with two attached hydrogens (primary N) is 1. The molecule has 88 valence electrons. The van der Waals surface area contributed by atoms with Crippen LogP contribution in [0.15, 0.2) is 18.2 Å². The Balaban J connectivity index is 2.74. The number of aryl methyl sites for hydroxylation is 1. The van der Waals surface area contributed by atoms with Crippen molar-refractivity contribution in [2.45, 2.75) is 27.7 Å². The third kappa shape index (κ3) is 2.99. The van der Waals surface area contributed by atoms with E-state index in [1.165, 1.54) is 0 Å². The molecular formula is C13H20N2O. The van der Waals surface area contributed by atoms with Crippen LogP contribution in [0.1, 0.15) is 26.3 Å². The van der Waals surface area contributed by atoms with Crippen LogP contribution in [0.2, 0.25) is 0 Å². The minimum Gasteiger partial charge on any atom is -0.399 e. The molecule has 16 heavy (non-hydrogen) atoms. The topological polar surface area (TPSA) is 55.1 Å². The number of hydrogen-bond donors (Lipinski definition) is 2. The summed E-state index contributed by atoms with van der Waals surface area (Å²) in [7, 11) is 0. The van der Waals surface area contributed by atoms with Crippen molar-refractivity contribution >= 4 is 17.3 Å². The number of carbonyl (C=O) groups is 1. The van der Waals surface area contributed by atoms with Crippen LogP contribution in [0.4, 0.5) is 11.4 Å². The Kier molecular flexibility index (Phi) is 3.93. The molecule has 0 aliphatic heterocycles. The molecule has 0 aliphatic rings. The Hall–Kier alpha value is -1.51. The van der Waals surface area contributed by atoms with Crippen LogP contribution in [-0.4, -0.2) is 5.91 Å². The van der Waals surface area contributed by atoms with Crippen molar-refractivity contribution in [3.8, 4) is 0 Å². The quantitative estimate of drug-likeness (QED) is 0.769. The minimum atomic E-state index is 0.0119. The van der Waals surface area contributed by atoms with E-state index in [4.69, 9.17) is 5.73 Å². The zero-order valence-corrected chi connectivity index (χ0v) is 10.4. The SMILES string of the molecule is Cc1cc(NC(=O)C(C)C(C)C)ccc1N. The number of nitrogens with one attached hydrogen (secondary N) is 1. The molecule has 0 aliphatic carbocycles.